The van der Waals surface area contributed by atoms with Gasteiger partial charge >= 0.3 is 0 Å². The molecule has 1 unspecified atom stereocenters. The Hall–Kier alpha value is -1.49. The molecule has 19 heavy (non-hydrogen) atoms. The molecule has 0 saturated heterocycles. The zero-order valence-corrected chi connectivity index (χ0v) is 12.4. The molecule has 0 aliphatic heterocycles. The van der Waals surface area contributed by atoms with Crippen molar-refractivity contribution in [2.75, 3.05) is 5.32 Å². The second-order valence-corrected chi connectivity index (χ2v) is 5.44. The number of hydrogen-bond acceptors (Lipinski definition) is 3. The summed E-state index contributed by atoms with van der Waals surface area (Å²) < 4.78 is 13.6. The molecule has 1 atom stereocenters. The zero-order chi connectivity index (χ0) is 13.8. The SMILES string of the molecule is Cc1cnc(NC(C)Cc2ccc(F)c(Br)c2)nc1. The quantitative estimate of drug-likeness (QED) is 0.931. The lowest BCUT2D eigenvalue weighted by Crippen LogP contribution is -2.19. The first kappa shape index (κ1) is 13.9. The average molecular weight is 324 g/mol. The van der Waals surface area contributed by atoms with Gasteiger partial charge in [-0.05, 0) is 59.5 Å². The molecule has 1 heterocycles. The summed E-state index contributed by atoms with van der Waals surface area (Å²) in [6, 6.07) is 5.21. The van der Waals surface area contributed by atoms with E-state index in [2.05, 4.69) is 31.2 Å². The van der Waals surface area contributed by atoms with Crippen LogP contribution in [0.2, 0.25) is 0 Å². The van der Waals surface area contributed by atoms with Crippen LogP contribution in [0, 0.1) is 12.7 Å². The van der Waals surface area contributed by atoms with Crippen LogP contribution in [0.15, 0.2) is 35.1 Å². The van der Waals surface area contributed by atoms with E-state index in [4.69, 9.17) is 0 Å². The molecular formula is C14H15BrFN3. The summed E-state index contributed by atoms with van der Waals surface area (Å²) in [7, 11) is 0. The van der Waals surface area contributed by atoms with Crippen molar-refractivity contribution >= 4 is 21.9 Å². The van der Waals surface area contributed by atoms with Crippen LogP contribution in [-0.2, 0) is 6.42 Å². The third kappa shape index (κ3) is 3.99. The highest BCUT2D eigenvalue weighted by Crippen LogP contribution is 2.18. The zero-order valence-electron chi connectivity index (χ0n) is 10.8. The Morgan fingerprint density at radius 1 is 1.32 bits per heavy atom. The topological polar surface area (TPSA) is 37.8 Å². The lowest BCUT2D eigenvalue weighted by atomic mass is 10.1. The van der Waals surface area contributed by atoms with E-state index in [9.17, 15) is 4.39 Å². The molecule has 0 radical (unpaired) electrons. The van der Waals surface area contributed by atoms with Gasteiger partial charge in [-0.3, -0.25) is 0 Å². The van der Waals surface area contributed by atoms with Crippen LogP contribution in [0.1, 0.15) is 18.1 Å². The molecule has 2 rings (SSSR count). The van der Waals surface area contributed by atoms with Crippen molar-refractivity contribution < 1.29 is 4.39 Å². The molecule has 2 aromatic rings. The van der Waals surface area contributed by atoms with Crippen LogP contribution in [-0.4, -0.2) is 16.0 Å². The van der Waals surface area contributed by atoms with Crippen LogP contribution in [0.3, 0.4) is 0 Å². The van der Waals surface area contributed by atoms with E-state index in [-0.39, 0.29) is 11.9 Å². The van der Waals surface area contributed by atoms with Crippen molar-refractivity contribution in [3.63, 3.8) is 0 Å². The summed E-state index contributed by atoms with van der Waals surface area (Å²) >= 11 is 3.19. The number of aromatic nitrogens is 2. The molecule has 0 aliphatic carbocycles. The van der Waals surface area contributed by atoms with E-state index < -0.39 is 0 Å². The molecule has 5 heteroatoms. The van der Waals surface area contributed by atoms with E-state index in [0.29, 0.717) is 10.4 Å². The van der Waals surface area contributed by atoms with Crippen LogP contribution in [0.4, 0.5) is 10.3 Å². The minimum absolute atomic E-state index is 0.167. The van der Waals surface area contributed by atoms with Crippen molar-refractivity contribution in [2.24, 2.45) is 0 Å². The van der Waals surface area contributed by atoms with E-state index in [1.807, 2.05) is 13.8 Å². The van der Waals surface area contributed by atoms with Gasteiger partial charge < -0.3 is 5.32 Å². The molecule has 0 aliphatic rings. The molecule has 1 aromatic carbocycles. The first-order chi connectivity index (χ1) is 9.04. The number of rotatable bonds is 4. The van der Waals surface area contributed by atoms with Crippen molar-refractivity contribution in [1.29, 1.82) is 0 Å². The second-order valence-electron chi connectivity index (χ2n) is 4.58. The number of anilines is 1. The summed E-state index contributed by atoms with van der Waals surface area (Å²) in [6.45, 7) is 3.99. The second kappa shape index (κ2) is 6.10. The molecule has 0 spiro atoms. The minimum Gasteiger partial charge on any atom is -0.351 e. The normalized spacial score (nSPS) is 12.2. The average Bonchev–Trinajstić information content (AvgIpc) is 2.37. The summed E-state index contributed by atoms with van der Waals surface area (Å²) in [4.78, 5) is 8.40. The highest BCUT2D eigenvalue weighted by Gasteiger charge is 2.07. The summed E-state index contributed by atoms with van der Waals surface area (Å²) in [6.07, 6.45) is 4.32. The maximum absolute atomic E-state index is 13.1. The molecule has 0 amide bonds. The van der Waals surface area contributed by atoms with Crippen LogP contribution >= 0.6 is 15.9 Å². The van der Waals surface area contributed by atoms with Gasteiger partial charge in [-0.1, -0.05) is 6.07 Å². The van der Waals surface area contributed by atoms with Crippen LogP contribution in [0.25, 0.3) is 0 Å². The Morgan fingerprint density at radius 2 is 2.00 bits per heavy atom. The van der Waals surface area contributed by atoms with E-state index in [1.165, 1.54) is 6.07 Å². The number of benzene rings is 1. The fraction of sp³-hybridized carbons (Fsp3) is 0.286. The van der Waals surface area contributed by atoms with E-state index in [1.54, 1.807) is 24.5 Å². The van der Waals surface area contributed by atoms with Gasteiger partial charge in [0.15, 0.2) is 0 Å². The highest BCUT2D eigenvalue weighted by molar-refractivity contribution is 9.10. The van der Waals surface area contributed by atoms with E-state index >= 15 is 0 Å². The van der Waals surface area contributed by atoms with Gasteiger partial charge in [0.25, 0.3) is 0 Å². The van der Waals surface area contributed by atoms with Gasteiger partial charge in [0.2, 0.25) is 5.95 Å². The number of halogens is 2. The first-order valence-electron chi connectivity index (χ1n) is 6.03. The Kier molecular flexibility index (Phi) is 4.47. The Bertz CT molecular complexity index is 557. The molecule has 0 bridgehead atoms. The smallest absolute Gasteiger partial charge is 0.222 e. The van der Waals surface area contributed by atoms with Gasteiger partial charge in [0, 0.05) is 18.4 Å². The monoisotopic (exact) mass is 323 g/mol. The Balaban J connectivity index is 1.98. The standard InChI is InChI=1S/C14H15BrFN3/c1-9-7-17-14(18-8-9)19-10(2)5-11-3-4-13(16)12(15)6-11/h3-4,6-8,10H,5H2,1-2H3,(H,17,18,19). The van der Waals surface area contributed by atoms with Crippen LogP contribution in [0.5, 0.6) is 0 Å². The van der Waals surface area contributed by atoms with Crippen molar-refractivity contribution in [3.05, 3.63) is 52.0 Å². The van der Waals surface area contributed by atoms with Gasteiger partial charge in [0.1, 0.15) is 5.82 Å². The van der Waals surface area contributed by atoms with Gasteiger partial charge in [-0.2, -0.15) is 0 Å². The number of nitrogens with one attached hydrogen (secondary N) is 1. The first-order valence-corrected chi connectivity index (χ1v) is 6.83. The molecular weight excluding hydrogens is 309 g/mol. The maximum atomic E-state index is 13.1. The molecule has 0 saturated carbocycles. The van der Waals surface area contributed by atoms with Gasteiger partial charge in [0.05, 0.1) is 4.47 Å². The maximum Gasteiger partial charge on any atom is 0.222 e. The predicted molar refractivity (Wildman–Crippen MR) is 77.7 cm³/mol. The van der Waals surface area contributed by atoms with E-state index in [0.717, 1.165) is 17.5 Å². The molecule has 3 nitrogen and oxygen atoms in total. The van der Waals surface area contributed by atoms with Gasteiger partial charge in [-0.25, -0.2) is 14.4 Å². The Labute approximate surface area is 120 Å². The van der Waals surface area contributed by atoms with Gasteiger partial charge in [-0.15, -0.1) is 0 Å². The molecule has 0 fully saturated rings. The largest absolute Gasteiger partial charge is 0.351 e. The summed E-state index contributed by atoms with van der Waals surface area (Å²) in [5, 5.41) is 3.22. The van der Waals surface area contributed by atoms with Crippen molar-refractivity contribution in [3.8, 4) is 0 Å². The number of hydrogen-bond donors (Lipinski definition) is 1. The Morgan fingerprint density at radius 3 is 2.63 bits per heavy atom. The highest BCUT2D eigenvalue weighted by atomic mass is 79.9. The van der Waals surface area contributed by atoms with Crippen LogP contribution < -0.4 is 5.32 Å². The minimum atomic E-state index is -0.244. The van der Waals surface area contributed by atoms with Crippen molar-refractivity contribution in [1.82, 2.24) is 9.97 Å². The fourth-order valence-electron chi connectivity index (χ4n) is 1.76. The predicted octanol–water partition coefficient (Wildman–Crippen LogP) is 3.73. The lowest BCUT2D eigenvalue weighted by molar-refractivity contribution is 0.619. The molecule has 1 N–H and O–H groups in total. The number of nitrogens with zero attached hydrogens (tertiary/aromatic N) is 2. The third-order valence-electron chi connectivity index (χ3n) is 2.68. The molecule has 100 valence electrons. The fourth-order valence-corrected chi connectivity index (χ4v) is 2.18. The molecule has 1 aromatic heterocycles. The summed E-state index contributed by atoms with van der Waals surface area (Å²) in [5.41, 5.74) is 2.08. The summed E-state index contributed by atoms with van der Waals surface area (Å²) in [5.74, 6) is 0.366. The number of aryl methyl sites for hydroxylation is 1. The third-order valence-corrected chi connectivity index (χ3v) is 3.29. The van der Waals surface area contributed by atoms with Crippen molar-refractivity contribution in [2.45, 2.75) is 26.3 Å². The lowest BCUT2D eigenvalue weighted by Gasteiger charge is -2.14.